The summed E-state index contributed by atoms with van der Waals surface area (Å²) in [6, 6.07) is 4.95. The van der Waals surface area contributed by atoms with Gasteiger partial charge in [0, 0.05) is 25.4 Å². The Morgan fingerprint density at radius 1 is 1.25 bits per heavy atom. The standard InChI is InChI=1S/C20H28N4O4/c1-5-24(12-14(3)20(4,27)28)19(26)23-18-11-21-16(10-22-18)8-15-6-13(2)7-17(25)9-15/h6-7,9-11,14,25,27-28H,5,8,12H2,1-4H3,(H,22,23,26)/t14-/m1/s1. The second kappa shape index (κ2) is 8.99. The monoisotopic (exact) mass is 388 g/mol. The number of aliphatic hydroxyl groups is 2. The lowest BCUT2D eigenvalue weighted by Crippen LogP contribution is -2.44. The summed E-state index contributed by atoms with van der Waals surface area (Å²) in [6.45, 7) is 7.27. The highest BCUT2D eigenvalue weighted by atomic mass is 16.5. The number of hydrogen-bond acceptors (Lipinski definition) is 6. The predicted molar refractivity (Wildman–Crippen MR) is 106 cm³/mol. The van der Waals surface area contributed by atoms with Crippen molar-refractivity contribution < 1.29 is 20.1 Å². The molecule has 0 bridgehead atoms. The molecule has 0 radical (unpaired) electrons. The van der Waals surface area contributed by atoms with E-state index in [4.69, 9.17) is 0 Å². The van der Waals surface area contributed by atoms with E-state index in [1.165, 1.54) is 18.0 Å². The maximum atomic E-state index is 12.4. The largest absolute Gasteiger partial charge is 0.508 e. The molecule has 4 N–H and O–H groups in total. The number of anilines is 1. The number of aryl methyl sites for hydroxylation is 1. The van der Waals surface area contributed by atoms with E-state index in [0.717, 1.165) is 11.1 Å². The van der Waals surface area contributed by atoms with Gasteiger partial charge in [0.2, 0.25) is 0 Å². The number of urea groups is 1. The highest BCUT2D eigenvalue weighted by Gasteiger charge is 2.28. The number of rotatable bonds is 7. The van der Waals surface area contributed by atoms with Crippen molar-refractivity contribution in [1.82, 2.24) is 14.9 Å². The Morgan fingerprint density at radius 3 is 2.50 bits per heavy atom. The molecule has 0 aliphatic carbocycles. The fraction of sp³-hybridized carbons (Fsp3) is 0.450. The minimum atomic E-state index is -1.86. The van der Waals surface area contributed by atoms with E-state index >= 15 is 0 Å². The molecule has 8 nitrogen and oxygen atoms in total. The smallest absolute Gasteiger partial charge is 0.323 e. The first kappa shape index (κ1) is 21.6. The Bertz CT molecular complexity index is 783. The third-order valence-corrected chi connectivity index (χ3v) is 4.54. The van der Waals surface area contributed by atoms with E-state index in [1.807, 2.05) is 19.9 Å². The van der Waals surface area contributed by atoms with Crippen LogP contribution in [0.5, 0.6) is 5.75 Å². The molecule has 1 heterocycles. The number of hydrogen-bond donors (Lipinski definition) is 4. The Hall–Kier alpha value is -2.71. The summed E-state index contributed by atoms with van der Waals surface area (Å²) in [4.78, 5) is 22.4. The minimum absolute atomic E-state index is 0.189. The SMILES string of the molecule is CCN(C[C@@H](C)C(C)(O)O)C(=O)Nc1cnc(Cc2cc(C)cc(O)c2)cn1. The van der Waals surface area contributed by atoms with Crippen LogP contribution in [-0.4, -0.2) is 55.1 Å². The molecule has 2 aromatic rings. The highest BCUT2D eigenvalue weighted by molar-refractivity contribution is 5.88. The first-order chi connectivity index (χ1) is 13.1. The maximum Gasteiger partial charge on any atom is 0.323 e. The van der Waals surface area contributed by atoms with Crippen molar-refractivity contribution in [3.63, 3.8) is 0 Å². The molecular formula is C20H28N4O4. The molecule has 1 aromatic heterocycles. The molecule has 0 aliphatic heterocycles. The van der Waals surface area contributed by atoms with Crippen LogP contribution < -0.4 is 5.32 Å². The third kappa shape index (κ3) is 6.17. The van der Waals surface area contributed by atoms with Gasteiger partial charge in [-0.3, -0.25) is 10.3 Å². The second-order valence-corrected chi connectivity index (χ2v) is 7.21. The summed E-state index contributed by atoms with van der Waals surface area (Å²) >= 11 is 0. The fourth-order valence-corrected chi connectivity index (χ4v) is 2.71. The van der Waals surface area contributed by atoms with E-state index < -0.39 is 11.7 Å². The topological polar surface area (TPSA) is 119 Å². The van der Waals surface area contributed by atoms with E-state index in [-0.39, 0.29) is 18.3 Å². The zero-order chi connectivity index (χ0) is 20.9. The van der Waals surface area contributed by atoms with Gasteiger partial charge >= 0.3 is 6.03 Å². The normalized spacial score (nSPS) is 12.5. The molecule has 28 heavy (non-hydrogen) atoms. The Morgan fingerprint density at radius 2 is 1.96 bits per heavy atom. The lowest BCUT2D eigenvalue weighted by atomic mass is 10.0. The van der Waals surface area contributed by atoms with Crippen LogP contribution in [0.3, 0.4) is 0 Å². The van der Waals surface area contributed by atoms with Crippen LogP contribution in [0, 0.1) is 12.8 Å². The lowest BCUT2D eigenvalue weighted by molar-refractivity contribution is -0.182. The summed E-state index contributed by atoms with van der Waals surface area (Å²) in [5, 5.41) is 31.6. The molecule has 0 spiro atoms. The third-order valence-electron chi connectivity index (χ3n) is 4.54. The average molecular weight is 388 g/mol. The molecule has 1 aromatic carbocycles. The number of carbonyl (C=O) groups excluding carboxylic acids is 1. The molecule has 0 saturated heterocycles. The van der Waals surface area contributed by atoms with Gasteiger partial charge in [0.25, 0.3) is 0 Å². The number of carbonyl (C=O) groups is 1. The number of phenols is 1. The van der Waals surface area contributed by atoms with Crippen LogP contribution in [0.25, 0.3) is 0 Å². The van der Waals surface area contributed by atoms with E-state index in [9.17, 15) is 20.1 Å². The van der Waals surface area contributed by atoms with Gasteiger partial charge in [-0.2, -0.15) is 0 Å². The predicted octanol–water partition coefficient (Wildman–Crippen LogP) is 2.27. The summed E-state index contributed by atoms with van der Waals surface area (Å²) in [5.41, 5.74) is 2.59. The van der Waals surface area contributed by atoms with E-state index in [2.05, 4.69) is 15.3 Å². The summed E-state index contributed by atoms with van der Waals surface area (Å²) in [7, 11) is 0. The van der Waals surface area contributed by atoms with Crippen LogP contribution >= 0.6 is 0 Å². The van der Waals surface area contributed by atoms with Crippen molar-refractivity contribution in [2.24, 2.45) is 5.92 Å². The minimum Gasteiger partial charge on any atom is -0.508 e. The molecule has 0 fully saturated rings. The zero-order valence-corrected chi connectivity index (χ0v) is 16.7. The maximum absolute atomic E-state index is 12.4. The second-order valence-electron chi connectivity index (χ2n) is 7.21. The van der Waals surface area contributed by atoms with Gasteiger partial charge in [0.05, 0.1) is 18.1 Å². The molecule has 2 amide bonds. The summed E-state index contributed by atoms with van der Waals surface area (Å²) in [5.74, 6) is -1.86. The molecule has 1 atom stereocenters. The fourth-order valence-electron chi connectivity index (χ4n) is 2.71. The molecule has 152 valence electrons. The lowest BCUT2D eigenvalue weighted by Gasteiger charge is -2.30. The van der Waals surface area contributed by atoms with Gasteiger partial charge in [0.1, 0.15) is 5.75 Å². The molecule has 2 rings (SSSR count). The number of phenolic OH excluding ortho intramolecular Hbond substituents is 1. The van der Waals surface area contributed by atoms with Gasteiger partial charge < -0.3 is 20.2 Å². The Balaban J connectivity index is 1.99. The van der Waals surface area contributed by atoms with Gasteiger partial charge in [0.15, 0.2) is 11.6 Å². The highest BCUT2D eigenvalue weighted by Crippen LogP contribution is 2.18. The van der Waals surface area contributed by atoms with Crippen LogP contribution in [0.15, 0.2) is 30.6 Å². The van der Waals surface area contributed by atoms with Crippen molar-refractivity contribution in [2.45, 2.75) is 39.9 Å². The van der Waals surface area contributed by atoms with Crippen molar-refractivity contribution in [3.8, 4) is 5.75 Å². The van der Waals surface area contributed by atoms with Crippen molar-refractivity contribution in [2.75, 3.05) is 18.4 Å². The molecule has 8 heteroatoms. The molecule has 0 aliphatic rings. The Kier molecular flexibility index (Phi) is 6.93. The number of amides is 2. The van der Waals surface area contributed by atoms with Gasteiger partial charge in [-0.15, -0.1) is 0 Å². The first-order valence-corrected chi connectivity index (χ1v) is 9.19. The van der Waals surface area contributed by atoms with Crippen molar-refractivity contribution in [3.05, 3.63) is 47.4 Å². The number of aromatic hydroxyl groups is 1. The number of benzene rings is 1. The van der Waals surface area contributed by atoms with Crippen molar-refractivity contribution in [1.29, 1.82) is 0 Å². The Labute approximate surface area is 164 Å². The van der Waals surface area contributed by atoms with Crippen LogP contribution in [0.2, 0.25) is 0 Å². The zero-order valence-electron chi connectivity index (χ0n) is 16.7. The van der Waals surface area contributed by atoms with Crippen LogP contribution in [0.1, 0.15) is 37.6 Å². The number of aromatic nitrogens is 2. The number of nitrogens with zero attached hydrogens (tertiary/aromatic N) is 3. The summed E-state index contributed by atoms with van der Waals surface area (Å²) in [6.07, 6.45) is 3.56. The summed E-state index contributed by atoms with van der Waals surface area (Å²) < 4.78 is 0. The van der Waals surface area contributed by atoms with Crippen LogP contribution in [0.4, 0.5) is 10.6 Å². The van der Waals surface area contributed by atoms with Crippen LogP contribution in [-0.2, 0) is 6.42 Å². The first-order valence-electron chi connectivity index (χ1n) is 9.19. The van der Waals surface area contributed by atoms with E-state index in [0.29, 0.717) is 24.5 Å². The van der Waals surface area contributed by atoms with Gasteiger partial charge in [-0.25, -0.2) is 9.78 Å². The molecule has 0 unspecified atom stereocenters. The quantitative estimate of drug-likeness (QED) is 0.540. The average Bonchev–Trinajstić information content (AvgIpc) is 2.59. The number of nitrogens with one attached hydrogen (secondary N) is 1. The molecule has 0 saturated carbocycles. The van der Waals surface area contributed by atoms with Crippen molar-refractivity contribution >= 4 is 11.8 Å². The molecular weight excluding hydrogens is 360 g/mol. The van der Waals surface area contributed by atoms with Gasteiger partial charge in [-0.05, 0) is 44.0 Å². The van der Waals surface area contributed by atoms with Gasteiger partial charge in [-0.1, -0.05) is 13.0 Å². The van der Waals surface area contributed by atoms with E-state index in [1.54, 1.807) is 25.3 Å².